The molecule has 10 nitrogen and oxygen atoms in total. The first-order valence-electron chi connectivity index (χ1n) is 8.69. The minimum atomic E-state index is -3.89. The van der Waals surface area contributed by atoms with Crippen LogP contribution in [0.25, 0.3) is 0 Å². The van der Waals surface area contributed by atoms with Crippen molar-refractivity contribution < 1.29 is 21.2 Å². The number of anilines is 4. The van der Waals surface area contributed by atoms with Crippen LogP contribution in [0.15, 0.2) is 64.5 Å². The summed E-state index contributed by atoms with van der Waals surface area (Å²) in [6.07, 6.45) is 0.937. The first-order valence-corrected chi connectivity index (χ1v) is 11.7. The van der Waals surface area contributed by atoms with Gasteiger partial charge in [0.25, 0.3) is 0 Å². The quantitative estimate of drug-likeness (QED) is 0.479. The lowest BCUT2D eigenvalue weighted by Gasteiger charge is -2.13. The summed E-state index contributed by atoms with van der Waals surface area (Å²) in [7, 11) is -4.63. The van der Waals surface area contributed by atoms with Gasteiger partial charge in [0.15, 0.2) is 11.6 Å². The maximum atomic E-state index is 14.2. The van der Waals surface area contributed by atoms with Gasteiger partial charge >= 0.3 is 0 Å². The van der Waals surface area contributed by atoms with E-state index in [0.717, 1.165) is 10.5 Å². The predicted octanol–water partition coefficient (Wildman–Crippen LogP) is 2.00. The summed E-state index contributed by atoms with van der Waals surface area (Å²) in [4.78, 5) is 7.85. The van der Waals surface area contributed by atoms with Gasteiger partial charge in [-0.15, -0.1) is 0 Å². The zero-order chi connectivity index (χ0) is 22.8. The second kappa shape index (κ2) is 8.55. The van der Waals surface area contributed by atoms with Gasteiger partial charge in [0.1, 0.15) is 0 Å². The third-order valence-corrected chi connectivity index (χ3v) is 6.80. The van der Waals surface area contributed by atoms with Crippen molar-refractivity contribution in [1.29, 1.82) is 0 Å². The number of hydrogen-bond donors (Lipinski definition) is 3. The number of benzene rings is 2. The molecule has 4 N–H and O–H groups in total. The summed E-state index contributed by atoms with van der Waals surface area (Å²) < 4.78 is 62.5. The topological polar surface area (TPSA) is 147 Å². The largest absolute Gasteiger partial charge is 0.338 e. The summed E-state index contributed by atoms with van der Waals surface area (Å²) in [5.74, 6) is -0.903. The zero-order valence-electron chi connectivity index (χ0n) is 16.4. The third kappa shape index (κ3) is 5.32. The highest BCUT2D eigenvalue weighted by molar-refractivity contribution is 7.89. The molecule has 0 aliphatic heterocycles. The normalized spacial score (nSPS) is 12.0. The lowest BCUT2D eigenvalue weighted by molar-refractivity contribution is 0.521. The van der Waals surface area contributed by atoms with E-state index in [1.807, 2.05) is 0 Å². The molecule has 0 saturated carbocycles. The average molecular weight is 467 g/mol. The van der Waals surface area contributed by atoms with E-state index < -0.39 is 25.9 Å². The first-order chi connectivity index (χ1) is 14.5. The molecule has 1 heterocycles. The second-order valence-electron chi connectivity index (χ2n) is 6.52. The smallest absolute Gasteiger partial charge is 0.242 e. The number of nitrogens with two attached hydrogens (primary N) is 1. The molecule has 0 unspecified atom stereocenters. The van der Waals surface area contributed by atoms with E-state index in [-0.39, 0.29) is 21.6 Å². The Labute approximate surface area is 179 Å². The number of primary sulfonamides is 1. The van der Waals surface area contributed by atoms with Crippen LogP contribution in [0.3, 0.4) is 0 Å². The summed E-state index contributed by atoms with van der Waals surface area (Å²) in [5, 5.41) is 10.6. The molecule has 0 saturated heterocycles. The Balaban J connectivity index is 1.82. The number of aromatic nitrogens is 2. The molecule has 0 atom stereocenters. The Hall–Kier alpha value is -3.13. The molecule has 2 aromatic carbocycles. The number of sulfonamides is 2. The Morgan fingerprint density at radius 2 is 1.61 bits per heavy atom. The molecule has 0 aliphatic rings. The van der Waals surface area contributed by atoms with Crippen molar-refractivity contribution in [3.05, 3.63) is 60.5 Å². The van der Waals surface area contributed by atoms with Crippen molar-refractivity contribution in [3.63, 3.8) is 0 Å². The van der Waals surface area contributed by atoms with Crippen LogP contribution in [0.1, 0.15) is 0 Å². The number of nitrogens with one attached hydrogen (secondary N) is 2. The van der Waals surface area contributed by atoms with E-state index in [1.54, 1.807) is 6.07 Å². The predicted molar refractivity (Wildman–Crippen MR) is 114 cm³/mol. The number of nitrogens with zero attached hydrogens (tertiary/aromatic N) is 3. The van der Waals surface area contributed by atoms with Crippen LogP contribution in [0.5, 0.6) is 0 Å². The highest BCUT2D eigenvalue weighted by Crippen LogP contribution is 2.23. The first kappa shape index (κ1) is 22.6. The minimum Gasteiger partial charge on any atom is -0.338 e. The molecule has 0 aliphatic carbocycles. The van der Waals surface area contributed by atoms with E-state index in [4.69, 9.17) is 5.14 Å². The van der Waals surface area contributed by atoms with Crippen LogP contribution in [-0.4, -0.2) is 45.2 Å². The Kier molecular flexibility index (Phi) is 6.22. The van der Waals surface area contributed by atoms with Crippen LogP contribution >= 0.6 is 0 Å². The van der Waals surface area contributed by atoms with Gasteiger partial charge in [-0.25, -0.2) is 35.7 Å². The maximum absolute atomic E-state index is 14.2. The summed E-state index contributed by atoms with van der Waals surface area (Å²) in [6, 6.07) is 11.4. The molecule has 3 rings (SSSR count). The average Bonchev–Trinajstić information content (AvgIpc) is 2.70. The fourth-order valence-electron chi connectivity index (χ4n) is 2.45. The minimum absolute atomic E-state index is 0.00211. The van der Waals surface area contributed by atoms with Gasteiger partial charge in [-0.1, -0.05) is 6.07 Å². The molecule has 1 aromatic heterocycles. The SMILES string of the molecule is CN(C)S(=O)(=O)c1ccc(Nc2nc(Nc3cccc(S(N)(=O)=O)c3)ncc2F)cc1. The van der Waals surface area contributed by atoms with Gasteiger partial charge in [-0.2, -0.15) is 4.98 Å². The lowest BCUT2D eigenvalue weighted by Crippen LogP contribution is -2.22. The van der Waals surface area contributed by atoms with Crippen molar-refractivity contribution in [3.8, 4) is 0 Å². The fourth-order valence-corrected chi connectivity index (χ4v) is 3.91. The Morgan fingerprint density at radius 1 is 0.935 bits per heavy atom. The van der Waals surface area contributed by atoms with Gasteiger partial charge in [0, 0.05) is 25.5 Å². The molecule has 31 heavy (non-hydrogen) atoms. The number of rotatable bonds is 7. The van der Waals surface area contributed by atoms with Crippen molar-refractivity contribution in [1.82, 2.24) is 14.3 Å². The van der Waals surface area contributed by atoms with E-state index in [0.29, 0.717) is 11.4 Å². The van der Waals surface area contributed by atoms with Crippen LogP contribution < -0.4 is 15.8 Å². The summed E-state index contributed by atoms with van der Waals surface area (Å²) in [5.41, 5.74) is 0.736. The van der Waals surface area contributed by atoms with Crippen LogP contribution in [0.4, 0.5) is 27.5 Å². The fraction of sp³-hybridized carbons (Fsp3) is 0.111. The highest BCUT2D eigenvalue weighted by atomic mass is 32.2. The van der Waals surface area contributed by atoms with Crippen molar-refractivity contribution in [2.45, 2.75) is 9.79 Å². The van der Waals surface area contributed by atoms with Crippen LogP contribution in [-0.2, 0) is 20.0 Å². The van der Waals surface area contributed by atoms with Crippen LogP contribution in [0.2, 0.25) is 0 Å². The van der Waals surface area contributed by atoms with Gasteiger partial charge in [-0.3, -0.25) is 0 Å². The van der Waals surface area contributed by atoms with Crippen molar-refractivity contribution in [2.75, 3.05) is 24.7 Å². The summed E-state index contributed by atoms with van der Waals surface area (Å²) >= 11 is 0. The number of halogens is 1. The lowest BCUT2D eigenvalue weighted by atomic mass is 10.3. The van der Waals surface area contributed by atoms with E-state index in [1.165, 1.54) is 56.6 Å². The molecule has 0 spiro atoms. The van der Waals surface area contributed by atoms with Crippen LogP contribution in [0, 0.1) is 5.82 Å². The van der Waals surface area contributed by atoms with Crippen molar-refractivity contribution >= 4 is 43.2 Å². The number of hydrogen-bond acceptors (Lipinski definition) is 8. The molecule has 0 amide bonds. The molecule has 13 heteroatoms. The molecule has 0 radical (unpaired) electrons. The molecule has 3 aromatic rings. The highest BCUT2D eigenvalue weighted by Gasteiger charge is 2.17. The van der Waals surface area contributed by atoms with Gasteiger partial charge in [0.2, 0.25) is 26.0 Å². The van der Waals surface area contributed by atoms with E-state index >= 15 is 0 Å². The van der Waals surface area contributed by atoms with Crippen molar-refractivity contribution in [2.24, 2.45) is 5.14 Å². The molecule has 0 fully saturated rings. The third-order valence-electron chi connectivity index (χ3n) is 4.06. The molecule has 0 bridgehead atoms. The summed E-state index contributed by atoms with van der Waals surface area (Å²) in [6.45, 7) is 0. The molecular weight excluding hydrogens is 447 g/mol. The van der Waals surface area contributed by atoms with E-state index in [2.05, 4.69) is 20.6 Å². The molecule has 164 valence electrons. The second-order valence-corrected chi connectivity index (χ2v) is 10.2. The Bertz CT molecular complexity index is 1310. The molecular formula is C18H19FN6O4S2. The van der Waals surface area contributed by atoms with Gasteiger partial charge < -0.3 is 10.6 Å². The van der Waals surface area contributed by atoms with Gasteiger partial charge in [0.05, 0.1) is 16.0 Å². The Morgan fingerprint density at radius 3 is 2.23 bits per heavy atom. The van der Waals surface area contributed by atoms with Gasteiger partial charge in [-0.05, 0) is 42.5 Å². The van der Waals surface area contributed by atoms with E-state index in [9.17, 15) is 21.2 Å². The standard InChI is InChI=1S/C18H19FN6O4S2/c1-25(2)31(28,29)14-8-6-12(7-9-14)22-17-16(19)11-21-18(24-17)23-13-4-3-5-15(10-13)30(20,26)27/h3-11H,1-2H3,(H2,20,26,27)(H2,21,22,23,24). The maximum Gasteiger partial charge on any atom is 0.242 e. The monoisotopic (exact) mass is 466 g/mol. The zero-order valence-corrected chi connectivity index (χ0v) is 18.1.